The summed E-state index contributed by atoms with van der Waals surface area (Å²) in [5.74, 6) is 1.29. The Bertz CT molecular complexity index is 275. The Kier molecular flexibility index (Phi) is 5.20. The minimum atomic E-state index is -0.804. The van der Waals surface area contributed by atoms with Crippen molar-refractivity contribution in [3.63, 3.8) is 0 Å². The van der Waals surface area contributed by atoms with Gasteiger partial charge in [0.15, 0.2) is 0 Å². The number of hydrogen-bond acceptors (Lipinski definition) is 2. The van der Waals surface area contributed by atoms with E-state index in [2.05, 4.69) is 27.7 Å². The fourth-order valence-corrected chi connectivity index (χ4v) is 2.71. The SMILES string of the molecule is CC[C@H](O)C(=O)N1CCC([C@@H](C)C(C)(C)C)CC1. The van der Waals surface area contributed by atoms with Crippen LogP contribution in [0.3, 0.4) is 0 Å². The van der Waals surface area contributed by atoms with Crippen LogP contribution >= 0.6 is 0 Å². The largest absolute Gasteiger partial charge is 0.383 e. The van der Waals surface area contributed by atoms with Crippen molar-refractivity contribution in [1.82, 2.24) is 4.90 Å². The molecule has 1 rings (SSSR count). The molecule has 106 valence electrons. The van der Waals surface area contributed by atoms with Crippen LogP contribution in [-0.4, -0.2) is 35.1 Å². The van der Waals surface area contributed by atoms with Gasteiger partial charge in [-0.1, -0.05) is 34.6 Å². The summed E-state index contributed by atoms with van der Waals surface area (Å²) in [5.41, 5.74) is 0.333. The summed E-state index contributed by atoms with van der Waals surface area (Å²) in [6.07, 6.45) is 1.85. The van der Waals surface area contributed by atoms with Crippen molar-refractivity contribution >= 4 is 5.91 Å². The number of hydrogen-bond donors (Lipinski definition) is 1. The van der Waals surface area contributed by atoms with Gasteiger partial charge in [-0.05, 0) is 36.5 Å². The maximum Gasteiger partial charge on any atom is 0.251 e. The third kappa shape index (κ3) is 3.71. The van der Waals surface area contributed by atoms with Crippen LogP contribution in [0.25, 0.3) is 0 Å². The quantitative estimate of drug-likeness (QED) is 0.842. The van der Waals surface area contributed by atoms with Gasteiger partial charge in [0.05, 0.1) is 0 Å². The minimum absolute atomic E-state index is 0.0839. The Balaban J connectivity index is 2.49. The molecule has 1 fully saturated rings. The molecule has 1 aliphatic rings. The zero-order valence-corrected chi connectivity index (χ0v) is 12.6. The number of aliphatic hydroxyl groups is 1. The van der Waals surface area contributed by atoms with Crippen molar-refractivity contribution in [2.75, 3.05) is 13.1 Å². The van der Waals surface area contributed by atoms with Gasteiger partial charge in [-0.3, -0.25) is 4.79 Å². The monoisotopic (exact) mass is 255 g/mol. The van der Waals surface area contributed by atoms with E-state index in [1.54, 1.807) is 0 Å². The van der Waals surface area contributed by atoms with Crippen molar-refractivity contribution in [2.24, 2.45) is 17.3 Å². The molecule has 0 spiro atoms. The number of aliphatic hydroxyl groups excluding tert-OH is 1. The van der Waals surface area contributed by atoms with Crippen LogP contribution < -0.4 is 0 Å². The van der Waals surface area contributed by atoms with Crippen LogP contribution in [0, 0.1) is 17.3 Å². The molecule has 3 nitrogen and oxygen atoms in total. The number of carbonyl (C=O) groups is 1. The second-order valence-corrected chi connectivity index (χ2v) is 6.74. The van der Waals surface area contributed by atoms with E-state index in [0.717, 1.165) is 25.9 Å². The average Bonchev–Trinajstić information content (AvgIpc) is 2.35. The third-order valence-electron chi connectivity index (χ3n) is 4.60. The van der Waals surface area contributed by atoms with Gasteiger partial charge >= 0.3 is 0 Å². The van der Waals surface area contributed by atoms with E-state index in [-0.39, 0.29) is 5.91 Å². The van der Waals surface area contributed by atoms with Crippen molar-refractivity contribution in [1.29, 1.82) is 0 Å². The van der Waals surface area contributed by atoms with E-state index in [4.69, 9.17) is 0 Å². The second-order valence-electron chi connectivity index (χ2n) is 6.74. The van der Waals surface area contributed by atoms with Gasteiger partial charge < -0.3 is 10.0 Å². The highest BCUT2D eigenvalue weighted by Crippen LogP contribution is 2.37. The lowest BCUT2D eigenvalue weighted by Crippen LogP contribution is -2.45. The Labute approximate surface area is 112 Å². The van der Waals surface area contributed by atoms with Gasteiger partial charge in [0, 0.05) is 13.1 Å². The molecule has 0 aromatic rings. The standard InChI is InChI=1S/C15H29NO2/c1-6-13(17)14(18)16-9-7-12(8-10-16)11(2)15(3,4)5/h11-13,17H,6-10H2,1-5H3/t11-,13+/m1/s1. The molecule has 2 atom stereocenters. The summed E-state index contributed by atoms with van der Waals surface area (Å²) in [6, 6.07) is 0. The predicted octanol–water partition coefficient (Wildman–Crippen LogP) is 2.68. The average molecular weight is 255 g/mol. The minimum Gasteiger partial charge on any atom is -0.383 e. The van der Waals surface area contributed by atoms with Crippen molar-refractivity contribution in [3.05, 3.63) is 0 Å². The van der Waals surface area contributed by atoms with Crippen LogP contribution in [0.2, 0.25) is 0 Å². The number of piperidine rings is 1. The fourth-order valence-electron chi connectivity index (χ4n) is 2.71. The van der Waals surface area contributed by atoms with Crippen molar-refractivity contribution < 1.29 is 9.90 Å². The number of likely N-dealkylation sites (tertiary alicyclic amines) is 1. The first-order valence-electron chi connectivity index (χ1n) is 7.24. The molecular weight excluding hydrogens is 226 g/mol. The first-order chi connectivity index (χ1) is 8.27. The number of rotatable bonds is 3. The van der Waals surface area contributed by atoms with E-state index in [1.165, 1.54) is 0 Å². The highest BCUT2D eigenvalue weighted by molar-refractivity contribution is 5.80. The molecule has 0 saturated carbocycles. The Morgan fingerprint density at radius 2 is 1.83 bits per heavy atom. The highest BCUT2D eigenvalue weighted by Gasteiger charge is 2.33. The molecule has 18 heavy (non-hydrogen) atoms. The Hall–Kier alpha value is -0.570. The molecule has 1 aliphatic heterocycles. The van der Waals surface area contributed by atoms with Crippen LogP contribution in [0.1, 0.15) is 53.9 Å². The second kappa shape index (κ2) is 6.05. The Morgan fingerprint density at radius 1 is 1.33 bits per heavy atom. The summed E-state index contributed by atoms with van der Waals surface area (Å²) in [5, 5.41) is 9.59. The van der Waals surface area contributed by atoms with E-state index < -0.39 is 6.10 Å². The maximum absolute atomic E-state index is 11.9. The molecule has 0 bridgehead atoms. The predicted molar refractivity (Wildman–Crippen MR) is 74.2 cm³/mol. The number of amides is 1. The lowest BCUT2D eigenvalue weighted by molar-refractivity contribution is -0.142. The van der Waals surface area contributed by atoms with Crippen molar-refractivity contribution in [3.8, 4) is 0 Å². The Morgan fingerprint density at radius 3 is 2.22 bits per heavy atom. The van der Waals surface area contributed by atoms with Gasteiger partial charge in [-0.15, -0.1) is 0 Å². The van der Waals surface area contributed by atoms with E-state index >= 15 is 0 Å². The summed E-state index contributed by atoms with van der Waals surface area (Å²) >= 11 is 0. The topological polar surface area (TPSA) is 40.5 Å². The fraction of sp³-hybridized carbons (Fsp3) is 0.933. The van der Waals surface area contributed by atoms with E-state index in [1.807, 2.05) is 11.8 Å². The smallest absolute Gasteiger partial charge is 0.251 e. The lowest BCUT2D eigenvalue weighted by atomic mass is 9.71. The van der Waals surface area contributed by atoms with Gasteiger partial charge in [-0.25, -0.2) is 0 Å². The van der Waals surface area contributed by atoms with Crippen LogP contribution in [-0.2, 0) is 4.79 Å². The number of carbonyl (C=O) groups excluding carboxylic acids is 1. The summed E-state index contributed by atoms with van der Waals surface area (Å²) in [6.45, 7) is 12.6. The maximum atomic E-state index is 11.9. The zero-order valence-electron chi connectivity index (χ0n) is 12.6. The first-order valence-corrected chi connectivity index (χ1v) is 7.24. The van der Waals surface area contributed by atoms with Crippen molar-refractivity contribution in [2.45, 2.75) is 60.0 Å². The summed E-state index contributed by atoms with van der Waals surface area (Å²) in [4.78, 5) is 13.7. The molecule has 1 N–H and O–H groups in total. The van der Waals surface area contributed by atoms with Gasteiger partial charge in [0.2, 0.25) is 0 Å². The normalized spacial score (nSPS) is 21.8. The van der Waals surface area contributed by atoms with Crippen LogP contribution in [0.5, 0.6) is 0 Å². The lowest BCUT2D eigenvalue weighted by Gasteiger charge is -2.40. The summed E-state index contributed by atoms with van der Waals surface area (Å²) < 4.78 is 0. The van der Waals surface area contributed by atoms with Gasteiger partial charge in [-0.2, -0.15) is 0 Å². The molecule has 0 aromatic heterocycles. The number of nitrogens with zero attached hydrogens (tertiary/aromatic N) is 1. The highest BCUT2D eigenvalue weighted by atomic mass is 16.3. The van der Waals surface area contributed by atoms with Gasteiger partial charge in [0.25, 0.3) is 5.91 Å². The zero-order chi connectivity index (χ0) is 13.9. The molecule has 1 saturated heterocycles. The molecule has 0 radical (unpaired) electrons. The first kappa shape index (κ1) is 15.5. The molecular formula is C15H29NO2. The van der Waals surface area contributed by atoms with Crippen LogP contribution in [0.4, 0.5) is 0 Å². The molecule has 1 amide bonds. The van der Waals surface area contributed by atoms with E-state index in [0.29, 0.717) is 23.7 Å². The third-order valence-corrected chi connectivity index (χ3v) is 4.60. The molecule has 1 heterocycles. The van der Waals surface area contributed by atoms with Crippen LogP contribution in [0.15, 0.2) is 0 Å². The molecule has 3 heteroatoms. The van der Waals surface area contributed by atoms with Gasteiger partial charge in [0.1, 0.15) is 6.10 Å². The molecule has 0 unspecified atom stereocenters. The molecule has 0 aliphatic carbocycles. The summed E-state index contributed by atoms with van der Waals surface area (Å²) in [7, 11) is 0. The molecule has 0 aromatic carbocycles. The van der Waals surface area contributed by atoms with E-state index in [9.17, 15) is 9.90 Å².